The molecular formula is C17H19BrN2O. The van der Waals surface area contributed by atoms with Gasteiger partial charge in [-0.25, -0.2) is 0 Å². The number of halogens is 1. The molecule has 0 aliphatic carbocycles. The van der Waals surface area contributed by atoms with Gasteiger partial charge in [-0.05, 0) is 62.2 Å². The molecule has 0 saturated heterocycles. The molecule has 0 atom stereocenters. The summed E-state index contributed by atoms with van der Waals surface area (Å²) in [6.45, 7) is 6.93. The fraction of sp³-hybridized carbons (Fsp3) is 0.235. The number of carbonyl (C=O) groups excluding carboxylic acids is 1. The number of benzene rings is 2. The summed E-state index contributed by atoms with van der Waals surface area (Å²) < 4.78 is 0.985. The van der Waals surface area contributed by atoms with E-state index in [2.05, 4.69) is 33.5 Å². The molecule has 0 saturated carbocycles. The van der Waals surface area contributed by atoms with Crippen LogP contribution in [0.1, 0.15) is 28.4 Å². The standard InChI is InChI=1S/C17H19BrN2O/c1-4-19-16-8-6-13(9-12(16)3)17(21)20-14-7-5-11(2)15(18)10-14/h5-10,19H,4H2,1-3H3,(H,20,21). The number of nitrogens with one attached hydrogen (secondary N) is 2. The lowest BCUT2D eigenvalue weighted by molar-refractivity contribution is 0.102. The van der Waals surface area contributed by atoms with Crippen molar-refractivity contribution >= 4 is 33.2 Å². The molecule has 4 heteroatoms. The van der Waals surface area contributed by atoms with E-state index in [4.69, 9.17) is 0 Å². The zero-order chi connectivity index (χ0) is 15.4. The van der Waals surface area contributed by atoms with Gasteiger partial charge in [-0.15, -0.1) is 0 Å². The highest BCUT2D eigenvalue weighted by Gasteiger charge is 2.08. The van der Waals surface area contributed by atoms with Gasteiger partial charge in [-0.2, -0.15) is 0 Å². The van der Waals surface area contributed by atoms with Gasteiger partial charge in [0.25, 0.3) is 5.91 Å². The summed E-state index contributed by atoms with van der Waals surface area (Å²) in [6, 6.07) is 11.5. The minimum Gasteiger partial charge on any atom is -0.385 e. The molecule has 21 heavy (non-hydrogen) atoms. The maximum absolute atomic E-state index is 12.3. The van der Waals surface area contributed by atoms with Crippen molar-refractivity contribution in [3.8, 4) is 0 Å². The zero-order valence-electron chi connectivity index (χ0n) is 12.5. The first-order valence-corrected chi connectivity index (χ1v) is 7.72. The second-order valence-corrected chi connectivity index (χ2v) is 5.83. The van der Waals surface area contributed by atoms with Crippen molar-refractivity contribution in [1.29, 1.82) is 0 Å². The van der Waals surface area contributed by atoms with E-state index < -0.39 is 0 Å². The molecule has 2 N–H and O–H groups in total. The Morgan fingerprint density at radius 3 is 2.48 bits per heavy atom. The predicted octanol–water partition coefficient (Wildman–Crippen LogP) is 4.75. The highest BCUT2D eigenvalue weighted by Crippen LogP contribution is 2.22. The Kier molecular flexibility index (Phi) is 5.02. The first-order valence-electron chi connectivity index (χ1n) is 6.93. The second-order valence-electron chi connectivity index (χ2n) is 4.98. The van der Waals surface area contributed by atoms with Crippen LogP contribution < -0.4 is 10.6 Å². The molecule has 0 unspecified atom stereocenters. The number of carbonyl (C=O) groups is 1. The van der Waals surface area contributed by atoms with Crippen LogP contribution in [-0.4, -0.2) is 12.5 Å². The van der Waals surface area contributed by atoms with E-state index in [0.29, 0.717) is 5.56 Å². The summed E-state index contributed by atoms with van der Waals surface area (Å²) in [4.78, 5) is 12.3. The maximum atomic E-state index is 12.3. The van der Waals surface area contributed by atoms with Crippen LogP contribution in [0.2, 0.25) is 0 Å². The van der Waals surface area contributed by atoms with Crippen LogP contribution >= 0.6 is 15.9 Å². The molecule has 2 rings (SSSR count). The van der Waals surface area contributed by atoms with Crippen molar-refractivity contribution in [2.45, 2.75) is 20.8 Å². The number of amides is 1. The van der Waals surface area contributed by atoms with Crippen LogP contribution in [-0.2, 0) is 0 Å². The number of anilines is 2. The Morgan fingerprint density at radius 2 is 1.86 bits per heavy atom. The van der Waals surface area contributed by atoms with Gasteiger partial charge in [0.2, 0.25) is 0 Å². The first kappa shape index (κ1) is 15.6. The predicted molar refractivity (Wildman–Crippen MR) is 92.2 cm³/mol. The fourth-order valence-corrected chi connectivity index (χ4v) is 2.45. The Morgan fingerprint density at radius 1 is 1.10 bits per heavy atom. The first-order chi connectivity index (χ1) is 10.0. The Balaban J connectivity index is 2.16. The van der Waals surface area contributed by atoms with Crippen LogP contribution in [0.5, 0.6) is 0 Å². The third-order valence-electron chi connectivity index (χ3n) is 3.29. The van der Waals surface area contributed by atoms with E-state index in [1.54, 1.807) is 0 Å². The van der Waals surface area contributed by atoms with Crippen LogP contribution in [0.25, 0.3) is 0 Å². The highest BCUT2D eigenvalue weighted by molar-refractivity contribution is 9.10. The number of hydrogen-bond acceptors (Lipinski definition) is 2. The van der Waals surface area contributed by atoms with E-state index in [0.717, 1.165) is 33.5 Å². The van der Waals surface area contributed by atoms with Gasteiger partial charge in [-0.1, -0.05) is 22.0 Å². The average molecular weight is 347 g/mol. The van der Waals surface area contributed by atoms with Gasteiger partial charge in [0, 0.05) is 28.0 Å². The van der Waals surface area contributed by atoms with E-state index in [1.165, 1.54) is 0 Å². The van der Waals surface area contributed by atoms with E-state index >= 15 is 0 Å². The van der Waals surface area contributed by atoms with Crippen LogP contribution in [0.3, 0.4) is 0 Å². The minimum atomic E-state index is -0.100. The molecule has 0 radical (unpaired) electrons. The Labute approximate surface area is 133 Å². The van der Waals surface area contributed by atoms with Crippen molar-refractivity contribution in [3.05, 3.63) is 57.6 Å². The normalized spacial score (nSPS) is 10.3. The zero-order valence-corrected chi connectivity index (χ0v) is 14.0. The SMILES string of the molecule is CCNc1ccc(C(=O)Nc2ccc(C)c(Br)c2)cc1C. The summed E-state index contributed by atoms with van der Waals surface area (Å²) in [5, 5.41) is 6.18. The van der Waals surface area contributed by atoms with E-state index in [1.807, 2.05) is 50.2 Å². The van der Waals surface area contributed by atoms with Gasteiger partial charge in [-0.3, -0.25) is 4.79 Å². The van der Waals surface area contributed by atoms with Crippen LogP contribution in [0.15, 0.2) is 40.9 Å². The number of hydrogen-bond donors (Lipinski definition) is 2. The summed E-state index contributed by atoms with van der Waals surface area (Å²) >= 11 is 3.47. The minimum absolute atomic E-state index is 0.100. The third kappa shape index (κ3) is 3.85. The molecule has 2 aromatic carbocycles. The lowest BCUT2D eigenvalue weighted by Crippen LogP contribution is -2.12. The van der Waals surface area contributed by atoms with Crippen LogP contribution in [0.4, 0.5) is 11.4 Å². The smallest absolute Gasteiger partial charge is 0.255 e. The lowest BCUT2D eigenvalue weighted by Gasteiger charge is -2.10. The summed E-state index contributed by atoms with van der Waals surface area (Å²) in [7, 11) is 0. The van der Waals surface area contributed by atoms with Gasteiger partial charge in [0.15, 0.2) is 0 Å². The number of rotatable bonds is 4. The summed E-state index contributed by atoms with van der Waals surface area (Å²) in [5.41, 5.74) is 4.71. The largest absolute Gasteiger partial charge is 0.385 e. The molecule has 0 bridgehead atoms. The summed E-state index contributed by atoms with van der Waals surface area (Å²) in [6.07, 6.45) is 0. The second kappa shape index (κ2) is 6.76. The van der Waals surface area contributed by atoms with Crippen molar-refractivity contribution in [2.75, 3.05) is 17.2 Å². The topological polar surface area (TPSA) is 41.1 Å². The number of aryl methyl sites for hydroxylation is 2. The highest BCUT2D eigenvalue weighted by atomic mass is 79.9. The molecule has 0 heterocycles. The Bertz CT molecular complexity index is 668. The average Bonchev–Trinajstić information content (AvgIpc) is 2.45. The van der Waals surface area contributed by atoms with E-state index in [9.17, 15) is 4.79 Å². The Hall–Kier alpha value is -1.81. The molecular weight excluding hydrogens is 328 g/mol. The van der Waals surface area contributed by atoms with Crippen molar-refractivity contribution < 1.29 is 4.79 Å². The quantitative estimate of drug-likeness (QED) is 0.838. The van der Waals surface area contributed by atoms with Crippen molar-refractivity contribution in [3.63, 3.8) is 0 Å². The maximum Gasteiger partial charge on any atom is 0.255 e. The lowest BCUT2D eigenvalue weighted by atomic mass is 10.1. The van der Waals surface area contributed by atoms with Crippen molar-refractivity contribution in [1.82, 2.24) is 0 Å². The molecule has 110 valence electrons. The van der Waals surface area contributed by atoms with Gasteiger partial charge >= 0.3 is 0 Å². The van der Waals surface area contributed by atoms with Crippen molar-refractivity contribution in [2.24, 2.45) is 0 Å². The molecule has 0 aliphatic rings. The molecule has 0 spiro atoms. The molecule has 1 amide bonds. The van der Waals surface area contributed by atoms with Gasteiger partial charge in [0.1, 0.15) is 0 Å². The third-order valence-corrected chi connectivity index (χ3v) is 4.14. The molecule has 0 aliphatic heterocycles. The van der Waals surface area contributed by atoms with E-state index in [-0.39, 0.29) is 5.91 Å². The van der Waals surface area contributed by atoms with Gasteiger partial charge in [0.05, 0.1) is 0 Å². The fourth-order valence-electron chi connectivity index (χ4n) is 2.07. The molecule has 0 fully saturated rings. The molecule has 0 aromatic heterocycles. The summed E-state index contributed by atoms with van der Waals surface area (Å²) in [5.74, 6) is -0.100. The molecule has 3 nitrogen and oxygen atoms in total. The molecule has 2 aromatic rings. The monoisotopic (exact) mass is 346 g/mol. The van der Waals surface area contributed by atoms with Crippen LogP contribution in [0, 0.1) is 13.8 Å². The van der Waals surface area contributed by atoms with Gasteiger partial charge < -0.3 is 10.6 Å².